The lowest BCUT2D eigenvalue weighted by atomic mass is 10.1. The van der Waals surface area contributed by atoms with Crippen molar-refractivity contribution >= 4 is 11.5 Å². The molecule has 0 radical (unpaired) electrons. The molecule has 118 valence electrons. The summed E-state index contributed by atoms with van der Waals surface area (Å²) in [6.45, 7) is 3.90. The van der Waals surface area contributed by atoms with Crippen molar-refractivity contribution in [3.05, 3.63) is 18.3 Å². The van der Waals surface area contributed by atoms with Crippen LogP contribution in [-0.4, -0.2) is 30.3 Å². The Balaban J connectivity index is 1.90. The molecule has 1 unspecified atom stereocenters. The van der Waals surface area contributed by atoms with E-state index >= 15 is 0 Å². The van der Waals surface area contributed by atoms with Gasteiger partial charge in [-0.25, -0.2) is 4.98 Å². The summed E-state index contributed by atoms with van der Waals surface area (Å²) in [5.74, 6) is 0.915. The molecule has 1 aliphatic heterocycles. The Labute approximate surface area is 123 Å². The maximum absolute atomic E-state index is 12.2. The molecule has 1 aromatic heterocycles. The SMILES string of the molecule is CC(CCCC(F)(F)F)Nc1cccnc1N1CCCC1. The van der Waals surface area contributed by atoms with Gasteiger partial charge in [0.15, 0.2) is 5.82 Å². The van der Waals surface area contributed by atoms with E-state index < -0.39 is 12.6 Å². The third kappa shape index (κ3) is 5.10. The standard InChI is InChI=1S/C15H22F3N3/c1-12(6-4-8-15(16,17)18)20-13-7-5-9-19-14(13)21-10-2-3-11-21/h5,7,9,12,20H,2-4,6,8,10-11H2,1H3. The van der Waals surface area contributed by atoms with Gasteiger partial charge in [0.1, 0.15) is 0 Å². The highest BCUT2D eigenvalue weighted by molar-refractivity contribution is 5.66. The molecule has 0 aromatic carbocycles. The molecule has 1 N–H and O–H groups in total. The van der Waals surface area contributed by atoms with E-state index in [9.17, 15) is 13.2 Å². The van der Waals surface area contributed by atoms with E-state index in [2.05, 4.69) is 15.2 Å². The van der Waals surface area contributed by atoms with Crippen molar-refractivity contribution in [3.63, 3.8) is 0 Å². The van der Waals surface area contributed by atoms with Crippen LogP contribution in [0.25, 0.3) is 0 Å². The summed E-state index contributed by atoms with van der Waals surface area (Å²) in [6, 6.07) is 3.79. The van der Waals surface area contributed by atoms with Crippen LogP contribution in [0.2, 0.25) is 0 Å². The molecule has 0 aliphatic carbocycles. The fourth-order valence-electron chi connectivity index (χ4n) is 2.64. The van der Waals surface area contributed by atoms with Crippen molar-refractivity contribution < 1.29 is 13.2 Å². The van der Waals surface area contributed by atoms with Gasteiger partial charge in [-0.2, -0.15) is 13.2 Å². The van der Waals surface area contributed by atoms with E-state index in [4.69, 9.17) is 0 Å². The van der Waals surface area contributed by atoms with Crippen LogP contribution in [0.5, 0.6) is 0 Å². The van der Waals surface area contributed by atoms with E-state index in [0.717, 1.165) is 37.4 Å². The van der Waals surface area contributed by atoms with Crippen LogP contribution in [0.3, 0.4) is 0 Å². The number of hydrogen-bond donors (Lipinski definition) is 1. The number of halogens is 3. The normalized spacial score (nSPS) is 17.0. The molecule has 1 fully saturated rings. The minimum Gasteiger partial charge on any atom is -0.380 e. The second-order valence-electron chi connectivity index (χ2n) is 5.62. The number of pyridine rings is 1. The van der Waals surface area contributed by atoms with E-state index in [0.29, 0.717) is 6.42 Å². The van der Waals surface area contributed by atoms with Gasteiger partial charge >= 0.3 is 6.18 Å². The first kappa shape index (κ1) is 15.9. The third-order valence-electron chi connectivity index (χ3n) is 3.69. The summed E-state index contributed by atoms with van der Waals surface area (Å²) >= 11 is 0. The first-order valence-electron chi connectivity index (χ1n) is 7.49. The van der Waals surface area contributed by atoms with Crippen LogP contribution in [0.4, 0.5) is 24.7 Å². The summed E-state index contributed by atoms with van der Waals surface area (Å²) in [5, 5.41) is 3.30. The molecule has 1 aliphatic rings. The van der Waals surface area contributed by atoms with Gasteiger partial charge in [-0.05, 0) is 44.7 Å². The first-order valence-corrected chi connectivity index (χ1v) is 7.49. The number of nitrogens with zero attached hydrogens (tertiary/aromatic N) is 2. The van der Waals surface area contributed by atoms with Gasteiger partial charge in [-0.1, -0.05) is 0 Å². The van der Waals surface area contributed by atoms with Crippen LogP contribution in [-0.2, 0) is 0 Å². The number of rotatable bonds is 6. The Morgan fingerprint density at radius 3 is 2.71 bits per heavy atom. The molecular weight excluding hydrogens is 279 g/mol. The molecule has 1 saturated heterocycles. The fourth-order valence-corrected chi connectivity index (χ4v) is 2.64. The maximum atomic E-state index is 12.2. The molecule has 0 spiro atoms. The molecule has 2 rings (SSSR count). The first-order chi connectivity index (χ1) is 9.96. The van der Waals surface area contributed by atoms with Crippen molar-refractivity contribution in [1.29, 1.82) is 0 Å². The summed E-state index contributed by atoms with van der Waals surface area (Å²) in [5.41, 5.74) is 0.916. The largest absolute Gasteiger partial charge is 0.389 e. The summed E-state index contributed by atoms with van der Waals surface area (Å²) in [4.78, 5) is 6.64. The monoisotopic (exact) mass is 301 g/mol. The Hall–Kier alpha value is -1.46. The van der Waals surface area contributed by atoms with E-state index in [1.54, 1.807) is 6.20 Å². The quantitative estimate of drug-likeness (QED) is 0.853. The molecular formula is C15H22F3N3. The molecule has 2 heterocycles. The smallest absolute Gasteiger partial charge is 0.380 e. The summed E-state index contributed by atoms with van der Waals surface area (Å²) < 4.78 is 36.5. The lowest BCUT2D eigenvalue weighted by molar-refractivity contribution is -0.135. The van der Waals surface area contributed by atoms with Gasteiger partial charge in [0.25, 0.3) is 0 Å². The molecule has 1 atom stereocenters. The topological polar surface area (TPSA) is 28.2 Å². The summed E-state index contributed by atoms with van der Waals surface area (Å²) in [7, 11) is 0. The molecule has 1 aromatic rings. The number of hydrogen-bond acceptors (Lipinski definition) is 3. The summed E-state index contributed by atoms with van der Waals surface area (Å²) in [6.07, 6.45) is -0.0496. The van der Waals surface area contributed by atoms with Crippen molar-refractivity contribution in [2.24, 2.45) is 0 Å². The number of nitrogens with one attached hydrogen (secondary N) is 1. The Morgan fingerprint density at radius 2 is 2.05 bits per heavy atom. The Bertz CT molecular complexity index is 442. The van der Waals surface area contributed by atoms with Gasteiger partial charge < -0.3 is 10.2 Å². The van der Waals surface area contributed by atoms with Gasteiger partial charge in [0.05, 0.1) is 5.69 Å². The second-order valence-corrected chi connectivity index (χ2v) is 5.62. The zero-order chi connectivity index (χ0) is 15.3. The van der Waals surface area contributed by atoms with Crippen LogP contribution in [0, 0.1) is 0 Å². The predicted octanol–water partition coefficient (Wildman–Crippen LogP) is 4.21. The third-order valence-corrected chi connectivity index (χ3v) is 3.69. The molecule has 0 amide bonds. The van der Waals surface area contributed by atoms with Gasteiger partial charge in [-0.15, -0.1) is 0 Å². The number of alkyl halides is 3. The molecule has 0 bridgehead atoms. The zero-order valence-corrected chi connectivity index (χ0v) is 12.3. The highest BCUT2D eigenvalue weighted by atomic mass is 19.4. The average molecular weight is 301 g/mol. The fraction of sp³-hybridized carbons (Fsp3) is 0.667. The minimum absolute atomic E-state index is 0.00194. The Kier molecular flexibility index (Phi) is 5.31. The lowest BCUT2D eigenvalue weighted by Gasteiger charge is -2.23. The van der Waals surface area contributed by atoms with Crippen molar-refractivity contribution in [1.82, 2.24) is 4.98 Å². The van der Waals surface area contributed by atoms with E-state index in [1.165, 1.54) is 0 Å². The van der Waals surface area contributed by atoms with Crippen LogP contribution < -0.4 is 10.2 Å². The minimum atomic E-state index is -4.06. The molecule has 3 nitrogen and oxygen atoms in total. The average Bonchev–Trinajstić information content (AvgIpc) is 2.91. The van der Waals surface area contributed by atoms with Crippen molar-refractivity contribution in [3.8, 4) is 0 Å². The number of anilines is 2. The highest BCUT2D eigenvalue weighted by Crippen LogP contribution is 2.28. The lowest BCUT2D eigenvalue weighted by Crippen LogP contribution is -2.23. The second kappa shape index (κ2) is 7.00. The van der Waals surface area contributed by atoms with Crippen molar-refractivity contribution in [2.75, 3.05) is 23.3 Å². The highest BCUT2D eigenvalue weighted by Gasteiger charge is 2.26. The van der Waals surface area contributed by atoms with Crippen LogP contribution in [0.15, 0.2) is 18.3 Å². The molecule has 0 saturated carbocycles. The van der Waals surface area contributed by atoms with Gasteiger partial charge in [-0.3, -0.25) is 0 Å². The molecule has 6 heteroatoms. The van der Waals surface area contributed by atoms with E-state index in [1.807, 2.05) is 19.1 Å². The van der Waals surface area contributed by atoms with Gasteiger partial charge in [0.2, 0.25) is 0 Å². The van der Waals surface area contributed by atoms with Crippen LogP contribution in [0.1, 0.15) is 39.0 Å². The maximum Gasteiger partial charge on any atom is 0.389 e. The number of aromatic nitrogens is 1. The van der Waals surface area contributed by atoms with Gasteiger partial charge in [0, 0.05) is 31.7 Å². The van der Waals surface area contributed by atoms with Crippen LogP contribution >= 0.6 is 0 Å². The van der Waals surface area contributed by atoms with Crippen molar-refractivity contribution in [2.45, 2.75) is 51.2 Å². The van der Waals surface area contributed by atoms with E-state index in [-0.39, 0.29) is 12.5 Å². The predicted molar refractivity (Wildman–Crippen MR) is 78.7 cm³/mol. The zero-order valence-electron chi connectivity index (χ0n) is 12.3. The Morgan fingerprint density at radius 1 is 1.33 bits per heavy atom. The molecule has 21 heavy (non-hydrogen) atoms.